The van der Waals surface area contributed by atoms with Crippen molar-refractivity contribution in [2.75, 3.05) is 19.8 Å². The number of ether oxygens (including phenoxy) is 1. The van der Waals surface area contributed by atoms with Crippen molar-refractivity contribution in [1.82, 2.24) is 0 Å². The van der Waals surface area contributed by atoms with Crippen LogP contribution in [-0.4, -0.2) is 31.0 Å². The first-order valence-electron chi connectivity index (χ1n) is 11.3. The summed E-state index contributed by atoms with van der Waals surface area (Å²) in [7, 11) is 0. The number of hydrogen-bond donors (Lipinski definition) is 2. The van der Waals surface area contributed by atoms with E-state index >= 15 is 0 Å². The molecule has 3 nitrogen and oxygen atoms in total. The summed E-state index contributed by atoms with van der Waals surface area (Å²) >= 11 is 0. The van der Waals surface area contributed by atoms with Gasteiger partial charge in [0.25, 0.3) is 0 Å². The van der Waals surface area contributed by atoms with Gasteiger partial charge in [-0.05, 0) is 12.8 Å². The average molecular weight is 358 g/mol. The van der Waals surface area contributed by atoms with Crippen molar-refractivity contribution in [3.63, 3.8) is 0 Å². The van der Waals surface area contributed by atoms with Crippen LogP contribution in [0.15, 0.2) is 0 Å². The van der Waals surface area contributed by atoms with Gasteiger partial charge in [0.15, 0.2) is 0 Å². The molecule has 152 valence electrons. The highest BCUT2D eigenvalue weighted by Gasteiger charge is 2.02. The first-order chi connectivity index (χ1) is 12.3. The summed E-state index contributed by atoms with van der Waals surface area (Å²) in [4.78, 5) is 0. The van der Waals surface area contributed by atoms with E-state index in [0.29, 0.717) is 13.2 Å². The van der Waals surface area contributed by atoms with Gasteiger partial charge in [0, 0.05) is 12.6 Å². The van der Waals surface area contributed by atoms with Crippen molar-refractivity contribution in [3.05, 3.63) is 0 Å². The van der Waals surface area contributed by atoms with E-state index in [4.69, 9.17) is 15.6 Å². The maximum atomic E-state index is 8.63. The van der Waals surface area contributed by atoms with Gasteiger partial charge in [0.2, 0.25) is 0 Å². The largest absolute Gasteiger partial charge is 0.394 e. The van der Waals surface area contributed by atoms with Crippen LogP contribution in [0.5, 0.6) is 0 Å². The molecule has 0 aromatic carbocycles. The molecule has 0 fully saturated rings. The van der Waals surface area contributed by atoms with E-state index in [9.17, 15) is 0 Å². The van der Waals surface area contributed by atoms with Gasteiger partial charge in [0.1, 0.15) is 0 Å². The summed E-state index contributed by atoms with van der Waals surface area (Å²) in [6, 6.07) is 0.265. The Labute approximate surface area is 158 Å². The van der Waals surface area contributed by atoms with Crippen LogP contribution in [0.1, 0.15) is 116 Å². The highest BCUT2D eigenvalue weighted by atomic mass is 16.5. The van der Waals surface area contributed by atoms with Gasteiger partial charge in [0.05, 0.1) is 13.2 Å². The molecule has 0 aliphatic heterocycles. The molecule has 0 rings (SSSR count). The number of hydrogen-bond acceptors (Lipinski definition) is 3. The lowest BCUT2D eigenvalue weighted by Crippen LogP contribution is -2.22. The van der Waals surface area contributed by atoms with Crippen molar-refractivity contribution < 1.29 is 9.84 Å². The molecular weight excluding hydrogens is 310 g/mol. The number of aliphatic hydroxyl groups is 1. The van der Waals surface area contributed by atoms with Crippen LogP contribution in [0.25, 0.3) is 0 Å². The average Bonchev–Trinajstić information content (AvgIpc) is 2.62. The molecule has 0 heterocycles. The molecule has 0 aromatic heterocycles. The first-order valence-corrected chi connectivity index (χ1v) is 11.3. The summed E-state index contributed by atoms with van der Waals surface area (Å²) < 4.78 is 5.25. The minimum Gasteiger partial charge on any atom is -0.394 e. The van der Waals surface area contributed by atoms with Crippen LogP contribution >= 0.6 is 0 Å². The summed E-state index contributed by atoms with van der Waals surface area (Å²) in [5.74, 6) is 0. The summed E-state index contributed by atoms with van der Waals surface area (Å²) in [6.07, 6.45) is 23.1. The SMILES string of the molecule is CCCCCCCCCCCCCCCCCC(N)CCOCCO. The minimum absolute atomic E-state index is 0.105. The Hall–Kier alpha value is -0.120. The third-order valence-corrected chi connectivity index (χ3v) is 5.05. The van der Waals surface area contributed by atoms with Crippen LogP contribution in [-0.2, 0) is 4.74 Å². The fraction of sp³-hybridized carbons (Fsp3) is 1.00. The van der Waals surface area contributed by atoms with Crippen LogP contribution in [0.3, 0.4) is 0 Å². The zero-order valence-corrected chi connectivity index (χ0v) is 17.2. The molecule has 3 N–H and O–H groups in total. The lowest BCUT2D eigenvalue weighted by atomic mass is 10.0. The van der Waals surface area contributed by atoms with Crippen molar-refractivity contribution >= 4 is 0 Å². The molecule has 1 atom stereocenters. The van der Waals surface area contributed by atoms with Gasteiger partial charge in [-0.1, -0.05) is 103 Å². The van der Waals surface area contributed by atoms with E-state index < -0.39 is 0 Å². The molecule has 3 heteroatoms. The van der Waals surface area contributed by atoms with E-state index in [0.717, 1.165) is 12.8 Å². The van der Waals surface area contributed by atoms with E-state index in [1.807, 2.05) is 0 Å². The normalized spacial score (nSPS) is 12.6. The van der Waals surface area contributed by atoms with Gasteiger partial charge in [-0.25, -0.2) is 0 Å². The van der Waals surface area contributed by atoms with Gasteiger partial charge in [-0.15, -0.1) is 0 Å². The Balaban J connectivity index is 3.06. The topological polar surface area (TPSA) is 55.5 Å². The second-order valence-corrected chi connectivity index (χ2v) is 7.62. The Bertz CT molecular complexity index is 236. The maximum absolute atomic E-state index is 8.63. The van der Waals surface area contributed by atoms with Crippen LogP contribution in [0, 0.1) is 0 Å². The Kier molecular flexibility index (Phi) is 21.8. The number of unbranched alkanes of at least 4 members (excludes halogenated alkanes) is 14. The predicted molar refractivity (Wildman–Crippen MR) is 110 cm³/mol. The van der Waals surface area contributed by atoms with E-state index in [2.05, 4.69) is 6.92 Å². The molecule has 0 aliphatic rings. The zero-order chi connectivity index (χ0) is 18.4. The molecule has 1 unspecified atom stereocenters. The lowest BCUT2D eigenvalue weighted by molar-refractivity contribution is 0.0872. The molecule has 25 heavy (non-hydrogen) atoms. The van der Waals surface area contributed by atoms with Crippen LogP contribution in [0.2, 0.25) is 0 Å². The van der Waals surface area contributed by atoms with Crippen molar-refractivity contribution in [3.8, 4) is 0 Å². The Morgan fingerprint density at radius 3 is 1.52 bits per heavy atom. The highest BCUT2D eigenvalue weighted by molar-refractivity contribution is 4.61. The molecule has 0 aliphatic carbocycles. The molecule has 0 radical (unpaired) electrons. The maximum Gasteiger partial charge on any atom is 0.0697 e. The van der Waals surface area contributed by atoms with Gasteiger partial charge < -0.3 is 15.6 Å². The van der Waals surface area contributed by atoms with E-state index in [1.165, 1.54) is 96.3 Å². The molecule has 0 spiro atoms. The van der Waals surface area contributed by atoms with Gasteiger partial charge >= 0.3 is 0 Å². The predicted octanol–water partition coefficient (Wildman–Crippen LogP) is 5.97. The third-order valence-electron chi connectivity index (χ3n) is 5.05. The second-order valence-electron chi connectivity index (χ2n) is 7.62. The van der Waals surface area contributed by atoms with Crippen molar-refractivity contribution in [2.45, 2.75) is 122 Å². The second kappa shape index (κ2) is 21.9. The Morgan fingerprint density at radius 1 is 0.640 bits per heavy atom. The number of nitrogens with two attached hydrogens (primary N) is 1. The molecular formula is C22H47NO2. The molecule has 0 aromatic rings. The van der Waals surface area contributed by atoms with E-state index in [1.54, 1.807) is 0 Å². The Morgan fingerprint density at radius 2 is 1.08 bits per heavy atom. The summed E-state index contributed by atoms with van der Waals surface area (Å²) in [5.41, 5.74) is 6.07. The third kappa shape index (κ3) is 21.8. The zero-order valence-electron chi connectivity index (χ0n) is 17.2. The standard InChI is InChI=1S/C22H47NO2/c1-2-3-4-5-6-7-8-9-10-11-12-13-14-15-16-17-22(23)18-20-25-21-19-24/h22,24H,2-21,23H2,1H3. The molecule has 0 saturated heterocycles. The molecule has 0 amide bonds. The van der Waals surface area contributed by atoms with Gasteiger partial charge in [-0.3, -0.25) is 0 Å². The molecule has 0 saturated carbocycles. The fourth-order valence-corrected chi connectivity index (χ4v) is 3.32. The van der Waals surface area contributed by atoms with Crippen LogP contribution in [0.4, 0.5) is 0 Å². The summed E-state index contributed by atoms with van der Waals surface area (Å²) in [6.45, 7) is 3.51. The van der Waals surface area contributed by atoms with Gasteiger partial charge in [-0.2, -0.15) is 0 Å². The smallest absolute Gasteiger partial charge is 0.0697 e. The number of rotatable bonds is 21. The minimum atomic E-state index is 0.105. The lowest BCUT2D eigenvalue weighted by Gasteiger charge is -2.11. The van der Waals surface area contributed by atoms with Crippen LogP contribution < -0.4 is 5.73 Å². The quantitative estimate of drug-likeness (QED) is 0.249. The summed E-state index contributed by atoms with van der Waals surface area (Å²) in [5, 5.41) is 8.63. The first kappa shape index (κ1) is 24.9. The monoisotopic (exact) mass is 357 g/mol. The molecule has 0 bridgehead atoms. The highest BCUT2D eigenvalue weighted by Crippen LogP contribution is 2.14. The number of aliphatic hydroxyl groups excluding tert-OH is 1. The van der Waals surface area contributed by atoms with E-state index in [-0.39, 0.29) is 12.6 Å². The van der Waals surface area contributed by atoms with Crippen molar-refractivity contribution in [2.24, 2.45) is 5.73 Å². The van der Waals surface area contributed by atoms with Crippen molar-refractivity contribution in [1.29, 1.82) is 0 Å². The fourth-order valence-electron chi connectivity index (χ4n) is 3.32.